The van der Waals surface area contributed by atoms with E-state index in [9.17, 15) is 9.59 Å². The summed E-state index contributed by atoms with van der Waals surface area (Å²) in [5.41, 5.74) is 0. The monoisotopic (exact) mass is 215 g/mol. The van der Waals surface area contributed by atoms with Crippen molar-refractivity contribution in [2.75, 3.05) is 0 Å². The molecule has 0 spiro atoms. The highest BCUT2D eigenvalue weighted by Gasteiger charge is 2.08. The molecule has 4 nitrogen and oxygen atoms in total. The molecule has 0 rings (SSSR count). The van der Waals surface area contributed by atoms with E-state index in [0.29, 0.717) is 12.3 Å². The van der Waals surface area contributed by atoms with Gasteiger partial charge in [0.2, 0.25) is 5.91 Å². The number of carbonyl (C=O) groups is 2. The van der Waals surface area contributed by atoms with E-state index < -0.39 is 12.0 Å². The lowest BCUT2D eigenvalue weighted by Crippen LogP contribution is -2.28. The van der Waals surface area contributed by atoms with Gasteiger partial charge in [-0.15, -0.1) is 0 Å². The standard InChI is InChI=1S/C11H21NO3/c1-3-4-5-6-9(2)7-8-10(13)12-11(14)15/h9H,3-8H2,1-2H3,(H,12,13)(H,14,15)/t9-/m0/s1. The van der Waals surface area contributed by atoms with E-state index in [4.69, 9.17) is 5.11 Å². The van der Waals surface area contributed by atoms with Gasteiger partial charge in [0.1, 0.15) is 0 Å². The number of amides is 2. The summed E-state index contributed by atoms with van der Waals surface area (Å²) < 4.78 is 0. The average Bonchev–Trinajstić information content (AvgIpc) is 2.14. The van der Waals surface area contributed by atoms with Crippen molar-refractivity contribution in [3.05, 3.63) is 0 Å². The van der Waals surface area contributed by atoms with Crippen molar-refractivity contribution in [2.45, 2.75) is 52.4 Å². The van der Waals surface area contributed by atoms with Gasteiger partial charge in [-0.05, 0) is 12.3 Å². The van der Waals surface area contributed by atoms with Crippen LogP contribution in [0.15, 0.2) is 0 Å². The van der Waals surface area contributed by atoms with Crippen LogP contribution in [-0.2, 0) is 4.79 Å². The molecule has 0 saturated carbocycles. The predicted molar refractivity (Wildman–Crippen MR) is 58.7 cm³/mol. The summed E-state index contributed by atoms with van der Waals surface area (Å²) in [6, 6.07) is 0. The second-order valence-electron chi connectivity index (χ2n) is 3.99. The first-order valence-corrected chi connectivity index (χ1v) is 5.59. The first-order valence-electron chi connectivity index (χ1n) is 5.59. The summed E-state index contributed by atoms with van der Waals surface area (Å²) in [4.78, 5) is 21.1. The molecule has 0 aliphatic carbocycles. The fraction of sp³-hybridized carbons (Fsp3) is 0.818. The molecule has 0 fully saturated rings. The maximum absolute atomic E-state index is 11.0. The van der Waals surface area contributed by atoms with Crippen molar-refractivity contribution in [3.63, 3.8) is 0 Å². The van der Waals surface area contributed by atoms with E-state index in [1.54, 1.807) is 0 Å². The molecule has 0 bridgehead atoms. The number of nitrogens with one attached hydrogen (secondary N) is 1. The van der Waals surface area contributed by atoms with E-state index in [-0.39, 0.29) is 0 Å². The molecule has 0 radical (unpaired) electrons. The van der Waals surface area contributed by atoms with E-state index in [1.807, 2.05) is 5.32 Å². The number of unbranched alkanes of at least 4 members (excludes halogenated alkanes) is 2. The zero-order valence-corrected chi connectivity index (χ0v) is 9.58. The molecule has 0 aromatic rings. The summed E-state index contributed by atoms with van der Waals surface area (Å²) >= 11 is 0. The Morgan fingerprint density at radius 1 is 1.27 bits per heavy atom. The van der Waals surface area contributed by atoms with Gasteiger partial charge in [-0.3, -0.25) is 10.1 Å². The minimum atomic E-state index is -1.27. The minimum Gasteiger partial charge on any atom is -0.465 e. The Morgan fingerprint density at radius 3 is 2.47 bits per heavy atom. The van der Waals surface area contributed by atoms with Crippen LogP contribution in [-0.4, -0.2) is 17.1 Å². The third kappa shape index (κ3) is 9.25. The molecule has 15 heavy (non-hydrogen) atoms. The van der Waals surface area contributed by atoms with Gasteiger partial charge >= 0.3 is 6.09 Å². The quantitative estimate of drug-likeness (QED) is 0.642. The fourth-order valence-electron chi connectivity index (χ4n) is 1.45. The molecule has 0 unspecified atom stereocenters. The molecule has 88 valence electrons. The SMILES string of the molecule is CCCCC[C@H](C)CCC(=O)NC(=O)O. The number of rotatable bonds is 7. The molecule has 0 aromatic heterocycles. The zero-order chi connectivity index (χ0) is 11.7. The van der Waals surface area contributed by atoms with Crippen LogP contribution in [0.25, 0.3) is 0 Å². The lowest BCUT2D eigenvalue weighted by atomic mass is 9.98. The first-order chi connectivity index (χ1) is 7.06. The Bertz CT molecular complexity index is 204. The van der Waals surface area contributed by atoms with Crippen LogP contribution in [0.4, 0.5) is 4.79 Å². The van der Waals surface area contributed by atoms with Crippen molar-refractivity contribution < 1.29 is 14.7 Å². The molecular formula is C11H21NO3. The Morgan fingerprint density at radius 2 is 1.93 bits per heavy atom. The van der Waals surface area contributed by atoms with Crippen molar-refractivity contribution in [1.29, 1.82) is 0 Å². The summed E-state index contributed by atoms with van der Waals surface area (Å²) in [7, 11) is 0. The van der Waals surface area contributed by atoms with Gasteiger partial charge in [0.05, 0.1) is 0 Å². The molecule has 0 aromatic carbocycles. The Hall–Kier alpha value is -1.06. The summed E-state index contributed by atoms with van der Waals surface area (Å²) in [5, 5.41) is 10.1. The van der Waals surface area contributed by atoms with Gasteiger partial charge in [-0.2, -0.15) is 0 Å². The van der Waals surface area contributed by atoms with Gasteiger partial charge in [-0.1, -0.05) is 39.5 Å². The molecule has 4 heteroatoms. The number of hydrogen-bond acceptors (Lipinski definition) is 2. The summed E-state index contributed by atoms with van der Waals surface area (Å²) in [6.07, 6.45) is 4.55. The van der Waals surface area contributed by atoms with Gasteiger partial charge in [-0.25, -0.2) is 4.79 Å². The zero-order valence-electron chi connectivity index (χ0n) is 9.58. The van der Waals surface area contributed by atoms with E-state index in [0.717, 1.165) is 12.8 Å². The minimum absolute atomic E-state index is 0.305. The number of carboxylic acid groups (broad SMARTS) is 1. The molecule has 2 amide bonds. The highest BCUT2D eigenvalue weighted by Crippen LogP contribution is 2.14. The van der Waals surface area contributed by atoms with Crippen molar-refractivity contribution in [1.82, 2.24) is 5.32 Å². The summed E-state index contributed by atoms with van der Waals surface area (Å²) in [6.45, 7) is 4.26. The molecule has 1 atom stereocenters. The Kier molecular flexibility index (Phi) is 7.68. The molecular weight excluding hydrogens is 194 g/mol. The predicted octanol–water partition coefficient (Wildman–Crippen LogP) is 2.78. The summed E-state index contributed by atoms with van der Waals surface area (Å²) in [5.74, 6) is 0.0981. The van der Waals surface area contributed by atoms with Gasteiger partial charge in [0.15, 0.2) is 0 Å². The van der Waals surface area contributed by atoms with E-state index in [1.165, 1.54) is 19.3 Å². The Labute approximate surface area is 91.1 Å². The van der Waals surface area contributed by atoms with Crippen molar-refractivity contribution in [2.24, 2.45) is 5.92 Å². The average molecular weight is 215 g/mol. The maximum atomic E-state index is 11.0. The third-order valence-corrected chi connectivity index (χ3v) is 2.41. The van der Waals surface area contributed by atoms with Crippen LogP contribution in [0.3, 0.4) is 0 Å². The number of hydrogen-bond donors (Lipinski definition) is 2. The molecule has 2 N–H and O–H groups in total. The second-order valence-corrected chi connectivity index (χ2v) is 3.99. The number of imide groups is 1. The van der Waals surface area contributed by atoms with Crippen LogP contribution in [0.1, 0.15) is 52.4 Å². The number of carbonyl (C=O) groups excluding carboxylic acids is 1. The highest BCUT2D eigenvalue weighted by molar-refractivity contribution is 5.90. The maximum Gasteiger partial charge on any atom is 0.411 e. The third-order valence-electron chi connectivity index (χ3n) is 2.41. The van der Waals surface area contributed by atoms with Gasteiger partial charge in [0, 0.05) is 6.42 Å². The van der Waals surface area contributed by atoms with Crippen LogP contribution in [0.5, 0.6) is 0 Å². The molecule has 0 aliphatic rings. The second kappa shape index (κ2) is 8.26. The smallest absolute Gasteiger partial charge is 0.411 e. The van der Waals surface area contributed by atoms with Crippen LogP contribution < -0.4 is 5.32 Å². The van der Waals surface area contributed by atoms with Crippen LogP contribution in [0.2, 0.25) is 0 Å². The first kappa shape index (κ1) is 13.9. The lowest BCUT2D eigenvalue weighted by molar-refractivity contribution is -0.120. The van der Waals surface area contributed by atoms with Crippen molar-refractivity contribution in [3.8, 4) is 0 Å². The van der Waals surface area contributed by atoms with Crippen LogP contribution in [0, 0.1) is 5.92 Å². The topological polar surface area (TPSA) is 66.4 Å². The molecule has 0 heterocycles. The van der Waals surface area contributed by atoms with E-state index >= 15 is 0 Å². The van der Waals surface area contributed by atoms with Crippen molar-refractivity contribution >= 4 is 12.0 Å². The normalized spacial score (nSPS) is 12.1. The van der Waals surface area contributed by atoms with Gasteiger partial charge < -0.3 is 5.11 Å². The van der Waals surface area contributed by atoms with E-state index in [2.05, 4.69) is 13.8 Å². The van der Waals surface area contributed by atoms with Gasteiger partial charge in [0.25, 0.3) is 0 Å². The highest BCUT2D eigenvalue weighted by atomic mass is 16.4. The lowest BCUT2D eigenvalue weighted by Gasteiger charge is -2.09. The molecule has 0 aliphatic heterocycles. The van der Waals surface area contributed by atoms with Crippen LogP contribution >= 0.6 is 0 Å². The Balaban J connectivity index is 3.48. The molecule has 0 saturated heterocycles. The largest absolute Gasteiger partial charge is 0.465 e. The fourth-order valence-corrected chi connectivity index (χ4v) is 1.45.